The lowest BCUT2D eigenvalue weighted by molar-refractivity contribution is 0.733. The van der Waals surface area contributed by atoms with Gasteiger partial charge in [-0.1, -0.05) is 57.5 Å². The van der Waals surface area contributed by atoms with E-state index in [-0.39, 0.29) is 1.43 Å². The molecule has 1 aromatic carbocycles. The van der Waals surface area contributed by atoms with Crippen molar-refractivity contribution in [1.29, 1.82) is 0 Å². The third-order valence-electron chi connectivity index (χ3n) is 2.26. The Hall–Kier alpha value is -0.780. The molecule has 0 amide bonds. The Bertz CT molecular complexity index is 213. The zero-order valence-electron chi connectivity index (χ0n) is 9.59. The zero-order chi connectivity index (χ0) is 10.3. The number of hydrogen-bond acceptors (Lipinski definition) is 0. The van der Waals surface area contributed by atoms with Crippen molar-refractivity contribution in [3.63, 3.8) is 0 Å². The molecule has 0 fully saturated rings. The summed E-state index contributed by atoms with van der Waals surface area (Å²) in [4.78, 5) is 0. The molecule has 0 N–H and O–H groups in total. The Morgan fingerprint density at radius 1 is 1.15 bits per heavy atom. The van der Waals surface area contributed by atoms with Gasteiger partial charge in [-0.25, -0.2) is 0 Å². The fourth-order valence-electron chi connectivity index (χ4n) is 1.13. The molecular formula is C13H24. The molecule has 1 aromatic rings. The molecule has 0 aliphatic carbocycles. The fourth-order valence-corrected chi connectivity index (χ4v) is 1.13. The van der Waals surface area contributed by atoms with Gasteiger partial charge in [-0.05, 0) is 24.8 Å². The van der Waals surface area contributed by atoms with Crippen LogP contribution < -0.4 is 0 Å². The van der Waals surface area contributed by atoms with Crippen molar-refractivity contribution >= 4 is 0 Å². The quantitative estimate of drug-likeness (QED) is 0.614. The Morgan fingerprint density at radius 3 is 2.00 bits per heavy atom. The summed E-state index contributed by atoms with van der Waals surface area (Å²) in [5, 5.41) is 0. The third kappa shape index (κ3) is 4.12. The molecule has 0 heterocycles. The molecule has 0 saturated heterocycles. The summed E-state index contributed by atoms with van der Waals surface area (Å²) in [7, 11) is 0. The van der Waals surface area contributed by atoms with Crippen LogP contribution in [0.1, 0.15) is 52.6 Å². The van der Waals surface area contributed by atoms with Crippen molar-refractivity contribution in [3.05, 3.63) is 35.4 Å². The molecule has 1 unspecified atom stereocenters. The second-order valence-corrected chi connectivity index (χ2v) is 3.22. The summed E-state index contributed by atoms with van der Waals surface area (Å²) in [6.45, 7) is 10.6. The standard InChI is InChI=1S/C11H16.C2H6.H2/c1-4-10(3)11-7-5-9(2)6-8-11;1-2;/h5-8,10H,4H2,1-3H3;1-2H3;1H. The molecule has 1 rings (SSSR count). The molecule has 0 bridgehead atoms. The summed E-state index contributed by atoms with van der Waals surface area (Å²) >= 11 is 0. The van der Waals surface area contributed by atoms with Gasteiger partial charge >= 0.3 is 0 Å². The van der Waals surface area contributed by atoms with E-state index in [0.29, 0.717) is 5.92 Å². The summed E-state index contributed by atoms with van der Waals surface area (Å²) in [5.74, 6) is 0.704. The Balaban J connectivity index is 0. The van der Waals surface area contributed by atoms with Crippen LogP contribution in [0.3, 0.4) is 0 Å². The monoisotopic (exact) mass is 180 g/mol. The van der Waals surface area contributed by atoms with Crippen LogP contribution in [0.2, 0.25) is 0 Å². The predicted octanol–water partition coefficient (Wildman–Crippen LogP) is 4.78. The SMILES string of the molecule is CC.CCC(C)c1ccc(C)cc1.[HH]. The van der Waals surface area contributed by atoms with Crippen LogP contribution in [-0.4, -0.2) is 0 Å². The molecule has 0 aromatic heterocycles. The average molecular weight is 180 g/mol. The van der Waals surface area contributed by atoms with Crippen LogP contribution in [0, 0.1) is 6.92 Å². The maximum absolute atomic E-state index is 2.27. The Kier molecular flexibility index (Phi) is 6.30. The highest BCUT2D eigenvalue weighted by Gasteiger charge is 2.00. The van der Waals surface area contributed by atoms with Gasteiger partial charge in [0.15, 0.2) is 0 Å². The van der Waals surface area contributed by atoms with Crippen LogP contribution in [0.4, 0.5) is 0 Å². The maximum Gasteiger partial charge on any atom is 0 e. The third-order valence-corrected chi connectivity index (χ3v) is 2.26. The Morgan fingerprint density at radius 2 is 1.62 bits per heavy atom. The minimum atomic E-state index is 0. The first-order chi connectivity index (χ1) is 6.24. The summed E-state index contributed by atoms with van der Waals surface area (Å²) in [6, 6.07) is 8.82. The van der Waals surface area contributed by atoms with E-state index in [1.165, 1.54) is 17.5 Å². The van der Waals surface area contributed by atoms with Gasteiger partial charge < -0.3 is 0 Å². The van der Waals surface area contributed by atoms with Crippen molar-refractivity contribution in [2.75, 3.05) is 0 Å². The van der Waals surface area contributed by atoms with Crippen LogP contribution >= 0.6 is 0 Å². The van der Waals surface area contributed by atoms with Crippen LogP contribution in [-0.2, 0) is 0 Å². The van der Waals surface area contributed by atoms with E-state index in [2.05, 4.69) is 45.0 Å². The number of aryl methyl sites for hydroxylation is 1. The average Bonchev–Trinajstić information content (AvgIpc) is 2.21. The highest BCUT2D eigenvalue weighted by Crippen LogP contribution is 2.18. The van der Waals surface area contributed by atoms with E-state index in [1.54, 1.807) is 0 Å². The van der Waals surface area contributed by atoms with E-state index >= 15 is 0 Å². The number of rotatable bonds is 2. The molecule has 0 radical (unpaired) electrons. The predicted molar refractivity (Wildman–Crippen MR) is 63.3 cm³/mol. The van der Waals surface area contributed by atoms with Gasteiger partial charge in [0.25, 0.3) is 0 Å². The first-order valence-electron chi connectivity index (χ1n) is 5.30. The van der Waals surface area contributed by atoms with Crippen molar-refractivity contribution < 1.29 is 1.43 Å². The van der Waals surface area contributed by atoms with Gasteiger partial charge in [-0.3, -0.25) is 0 Å². The topological polar surface area (TPSA) is 0 Å². The van der Waals surface area contributed by atoms with Gasteiger partial charge in [0.1, 0.15) is 0 Å². The van der Waals surface area contributed by atoms with Crippen LogP contribution in [0.25, 0.3) is 0 Å². The van der Waals surface area contributed by atoms with Crippen molar-refractivity contribution in [3.8, 4) is 0 Å². The normalized spacial score (nSPS) is 11.5. The summed E-state index contributed by atoms with van der Waals surface area (Å²) < 4.78 is 0. The smallest absolute Gasteiger partial charge is 0 e. The molecule has 0 nitrogen and oxygen atoms in total. The molecule has 0 aliphatic rings. The molecule has 0 spiro atoms. The number of benzene rings is 1. The van der Waals surface area contributed by atoms with Gasteiger partial charge in [-0.15, -0.1) is 0 Å². The minimum Gasteiger partial charge on any atom is -0.0683 e. The number of hydrogen-bond donors (Lipinski definition) is 0. The van der Waals surface area contributed by atoms with Crippen molar-refractivity contribution in [1.82, 2.24) is 0 Å². The lowest BCUT2D eigenvalue weighted by Crippen LogP contribution is -1.89. The molecule has 0 saturated carbocycles. The lowest BCUT2D eigenvalue weighted by atomic mass is 9.98. The van der Waals surface area contributed by atoms with Gasteiger partial charge in [0.2, 0.25) is 0 Å². The molecule has 76 valence electrons. The second-order valence-electron chi connectivity index (χ2n) is 3.22. The largest absolute Gasteiger partial charge is 0.0683 e. The van der Waals surface area contributed by atoms with Crippen molar-refractivity contribution in [2.24, 2.45) is 0 Å². The highest BCUT2D eigenvalue weighted by atomic mass is 14.0. The molecule has 1 atom stereocenters. The van der Waals surface area contributed by atoms with Gasteiger partial charge in [0, 0.05) is 1.43 Å². The molecule has 0 aliphatic heterocycles. The lowest BCUT2D eigenvalue weighted by Gasteiger charge is -2.07. The van der Waals surface area contributed by atoms with Crippen molar-refractivity contribution in [2.45, 2.75) is 47.0 Å². The second kappa shape index (κ2) is 6.71. The van der Waals surface area contributed by atoms with E-state index in [9.17, 15) is 0 Å². The van der Waals surface area contributed by atoms with E-state index < -0.39 is 0 Å². The maximum atomic E-state index is 2.27. The van der Waals surface area contributed by atoms with Crippen LogP contribution in [0.15, 0.2) is 24.3 Å². The summed E-state index contributed by atoms with van der Waals surface area (Å²) in [5.41, 5.74) is 2.80. The minimum absolute atomic E-state index is 0. The Labute approximate surface area is 84.5 Å². The first-order valence-corrected chi connectivity index (χ1v) is 5.30. The molecule has 13 heavy (non-hydrogen) atoms. The van der Waals surface area contributed by atoms with E-state index in [0.717, 1.165) is 0 Å². The highest BCUT2D eigenvalue weighted by molar-refractivity contribution is 5.23. The van der Waals surface area contributed by atoms with E-state index in [4.69, 9.17) is 0 Å². The first kappa shape index (κ1) is 12.2. The van der Waals surface area contributed by atoms with Gasteiger partial charge in [-0.2, -0.15) is 0 Å². The van der Waals surface area contributed by atoms with E-state index in [1.807, 2.05) is 13.8 Å². The van der Waals surface area contributed by atoms with Crippen LogP contribution in [0.5, 0.6) is 0 Å². The summed E-state index contributed by atoms with van der Waals surface area (Å²) in [6.07, 6.45) is 1.23. The zero-order valence-corrected chi connectivity index (χ0v) is 9.59. The molecular weight excluding hydrogens is 156 g/mol. The van der Waals surface area contributed by atoms with Gasteiger partial charge in [0.05, 0.1) is 0 Å². The fraction of sp³-hybridized carbons (Fsp3) is 0.538. The molecule has 0 heteroatoms.